The van der Waals surface area contributed by atoms with Crippen molar-refractivity contribution in [3.8, 4) is 0 Å². The van der Waals surface area contributed by atoms with E-state index in [1.165, 1.54) is 0 Å². The van der Waals surface area contributed by atoms with Crippen molar-refractivity contribution in [1.82, 2.24) is 0 Å². The van der Waals surface area contributed by atoms with Gasteiger partial charge in [-0.15, -0.1) is 0 Å². The molecule has 0 atom stereocenters. The summed E-state index contributed by atoms with van der Waals surface area (Å²) in [5.41, 5.74) is 0. The average molecular weight is 362 g/mol. The molecule has 0 amide bonds. The smallest absolute Gasteiger partial charge is 0 e. The first-order valence-electron chi connectivity index (χ1n) is 0.342. The van der Waals surface area contributed by atoms with E-state index in [9.17, 15) is 0 Å². The van der Waals surface area contributed by atoms with Crippen molar-refractivity contribution in [2.24, 2.45) is 0 Å². The van der Waals surface area contributed by atoms with Gasteiger partial charge >= 0.3 is 42.8 Å². The molecule has 0 saturated carbocycles. The predicted molar refractivity (Wildman–Crippen MR) is 30.5 cm³/mol. The van der Waals surface area contributed by atoms with Crippen molar-refractivity contribution in [3.63, 3.8) is 0 Å². The third-order valence-corrected chi connectivity index (χ3v) is 0. The third kappa shape index (κ3) is 56.8. The topological polar surface area (TPSA) is 63.0 Å². The molecule has 0 unspecified atom stereocenters. The van der Waals surface area contributed by atoms with Gasteiger partial charge in [-0.2, -0.15) is 0 Å². The van der Waals surface area contributed by atoms with Crippen molar-refractivity contribution in [3.05, 3.63) is 0 Å². The van der Waals surface area contributed by atoms with Crippen LogP contribution >= 0.6 is 27.6 Å². The number of halogens is 3. The van der Waals surface area contributed by atoms with Gasteiger partial charge in [0.25, 0.3) is 0 Å². The van der Waals surface area contributed by atoms with Gasteiger partial charge in [0.15, 0.2) is 0 Å². The number of rotatable bonds is 0. The Labute approximate surface area is 82.0 Å². The van der Waals surface area contributed by atoms with E-state index in [2.05, 4.69) is 0 Å². The largest absolute Gasteiger partial charge is 0 e. The van der Waals surface area contributed by atoms with Crippen LogP contribution in [-0.4, -0.2) is 40.5 Å². The van der Waals surface area contributed by atoms with E-state index in [0.717, 1.165) is 0 Å². The molecule has 0 rings (SSSR count). The fourth-order valence-corrected chi connectivity index (χ4v) is 0. The Morgan fingerprint density at radius 2 is 0.857 bits per heavy atom. The van der Waals surface area contributed by atoms with E-state index in [1.807, 2.05) is 0 Å². The molecule has 0 bridgehead atoms. The van der Waals surface area contributed by atoms with Crippen molar-refractivity contribution < 1.29 is 26.2 Å². The standard InChI is InChI=1S/Au.3ClH.Na.2H2O/h;3*1H;;2*1H2/q+3;;;;;;/p-3. The second-order valence-electron chi connectivity index (χ2n) is 0.129. The fraction of sp³-hybridized carbons (Fsp3) is 0. The van der Waals surface area contributed by atoms with Crippen molar-refractivity contribution in [2.45, 2.75) is 0 Å². The zero-order valence-electron chi connectivity index (χ0n) is 3.44. The van der Waals surface area contributed by atoms with E-state index in [-0.39, 0.29) is 40.5 Å². The Hall–Kier alpha value is 2.53. The molecule has 49 valence electrons. The fourth-order valence-electron chi connectivity index (χ4n) is 0. The molecule has 0 fully saturated rings. The maximum Gasteiger partial charge on any atom is 0 e. The van der Waals surface area contributed by atoms with E-state index >= 15 is 0 Å². The van der Waals surface area contributed by atoms with Crippen molar-refractivity contribution in [1.29, 1.82) is 0 Å². The Bertz CT molecular complexity index is 17.7. The number of hydrogen-bond donors (Lipinski definition) is 0. The predicted octanol–water partition coefficient (Wildman–Crippen LogP) is 0.0358. The first-order valence-corrected chi connectivity index (χ1v) is 8.40. The maximum absolute atomic E-state index is 4.95. The molecule has 0 aliphatic rings. The van der Waals surface area contributed by atoms with E-state index in [0.29, 0.717) is 0 Å². The van der Waals surface area contributed by atoms with Gasteiger partial charge in [-0.1, -0.05) is 0 Å². The molecule has 4 N–H and O–H groups in total. The van der Waals surface area contributed by atoms with Crippen LogP contribution < -0.4 is 0 Å². The molecular formula is H4AuCl3NaO2. The molecule has 2 nitrogen and oxygen atoms in total. The molecule has 0 spiro atoms. The maximum atomic E-state index is 4.95. The number of hydrogen-bond acceptors (Lipinski definition) is 0. The van der Waals surface area contributed by atoms with Gasteiger partial charge < -0.3 is 11.0 Å². The summed E-state index contributed by atoms with van der Waals surface area (Å²) in [6, 6.07) is 0. The Balaban J connectivity index is -0.0000000150. The van der Waals surface area contributed by atoms with Crippen molar-refractivity contribution >= 4 is 57.1 Å². The summed E-state index contributed by atoms with van der Waals surface area (Å²) < 4.78 is 0. The Morgan fingerprint density at radius 3 is 0.857 bits per heavy atom. The molecule has 0 saturated heterocycles. The first-order chi connectivity index (χ1) is 1.73. The van der Waals surface area contributed by atoms with Gasteiger partial charge in [0.2, 0.25) is 0 Å². The van der Waals surface area contributed by atoms with Gasteiger partial charge in [0, 0.05) is 29.6 Å². The zero-order chi connectivity index (χ0) is 3.58. The van der Waals surface area contributed by atoms with Crippen LogP contribution in [0.3, 0.4) is 0 Å². The molecule has 0 aromatic carbocycles. The van der Waals surface area contributed by atoms with Gasteiger partial charge in [-0.25, -0.2) is 0 Å². The van der Waals surface area contributed by atoms with Gasteiger partial charge in [0.1, 0.15) is 0 Å². The Morgan fingerprint density at radius 1 is 0.857 bits per heavy atom. The summed E-state index contributed by atoms with van der Waals surface area (Å²) in [6.45, 7) is 0. The monoisotopic (exact) mass is 361 g/mol. The Kier molecular flexibility index (Phi) is 51.2. The summed E-state index contributed by atoms with van der Waals surface area (Å²) in [5, 5.41) is 0. The first kappa shape index (κ1) is 22.7. The third-order valence-electron chi connectivity index (χ3n) is 0. The van der Waals surface area contributed by atoms with Crippen LogP contribution in [0.1, 0.15) is 0 Å². The van der Waals surface area contributed by atoms with Crippen molar-refractivity contribution in [2.75, 3.05) is 0 Å². The molecule has 0 aromatic rings. The van der Waals surface area contributed by atoms with Gasteiger partial charge in [-0.3, -0.25) is 0 Å². The van der Waals surface area contributed by atoms with Gasteiger partial charge in [0.05, 0.1) is 0 Å². The van der Waals surface area contributed by atoms with Crippen LogP contribution in [0.4, 0.5) is 0 Å². The van der Waals surface area contributed by atoms with Gasteiger partial charge in [-0.05, 0) is 0 Å². The summed E-state index contributed by atoms with van der Waals surface area (Å²) in [6.07, 6.45) is 0. The summed E-state index contributed by atoms with van der Waals surface area (Å²) in [4.78, 5) is 0. The molecule has 0 aromatic heterocycles. The molecule has 0 aliphatic heterocycles. The molecule has 7 heavy (non-hydrogen) atoms. The minimum Gasteiger partial charge on any atom is 0 e. The van der Waals surface area contributed by atoms with Crippen LogP contribution in [0.5, 0.6) is 0 Å². The van der Waals surface area contributed by atoms with Crippen LogP contribution in [-0.2, 0) is 15.2 Å². The quantitative estimate of drug-likeness (QED) is 0.546. The molecule has 0 aliphatic carbocycles. The summed E-state index contributed by atoms with van der Waals surface area (Å²) in [5.74, 6) is 0. The van der Waals surface area contributed by atoms with E-state index in [1.54, 1.807) is 0 Å². The van der Waals surface area contributed by atoms with Crippen LogP contribution in [0.25, 0.3) is 0 Å². The SMILES string of the molecule is O.O.[Cl][Au]([Cl])[Cl].[Na]. The summed E-state index contributed by atoms with van der Waals surface area (Å²) >= 11 is -1.79. The molecule has 7 heteroatoms. The van der Waals surface area contributed by atoms with E-state index < -0.39 is 15.2 Å². The zero-order valence-corrected chi connectivity index (χ0v) is 9.87. The summed E-state index contributed by atoms with van der Waals surface area (Å²) in [7, 11) is 14.9. The minimum atomic E-state index is -1.79. The normalized spacial score (nSPS) is 6.43. The molecule has 1 radical (unpaired) electrons. The van der Waals surface area contributed by atoms with Crippen LogP contribution in [0.15, 0.2) is 0 Å². The molecular weight excluding hydrogens is 358 g/mol. The van der Waals surface area contributed by atoms with Crippen LogP contribution in [0, 0.1) is 0 Å². The average Bonchev–Trinajstić information content (AvgIpc) is 0.811. The van der Waals surface area contributed by atoms with E-state index in [4.69, 9.17) is 27.6 Å². The second kappa shape index (κ2) is 15.8. The van der Waals surface area contributed by atoms with Crippen LogP contribution in [0.2, 0.25) is 0 Å². The molecule has 0 heterocycles. The minimum absolute atomic E-state index is 0. The second-order valence-corrected chi connectivity index (χ2v) is 9.52.